The number of ether oxygens (including phenoxy) is 1. The average molecular weight is 341 g/mol. The Morgan fingerprint density at radius 2 is 1.78 bits per heavy atom. The zero-order valence-electron chi connectivity index (χ0n) is 12.8. The third-order valence-electron chi connectivity index (χ3n) is 3.35. The van der Waals surface area contributed by atoms with Gasteiger partial charge in [-0.3, -0.25) is 0 Å². The van der Waals surface area contributed by atoms with Gasteiger partial charge in [-0.15, -0.1) is 0 Å². The van der Waals surface area contributed by atoms with Gasteiger partial charge in [0.05, 0.1) is 4.90 Å². The molecule has 4 nitrogen and oxygen atoms in total. The molecule has 2 aromatic carbocycles. The third-order valence-corrected chi connectivity index (χ3v) is 5.20. The normalized spacial score (nSPS) is 11.7. The van der Waals surface area contributed by atoms with Crippen molar-refractivity contribution in [2.75, 3.05) is 20.2 Å². The maximum Gasteiger partial charge on any atom is 0.243 e. The summed E-state index contributed by atoms with van der Waals surface area (Å²) in [5.74, 6) is -1.04. The number of benzene rings is 2. The molecule has 0 unspecified atom stereocenters. The lowest BCUT2D eigenvalue weighted by atomic mass is 10.2. The second-order valence-corrected chi connectivity index (χ2v) is 7.06. The van der Waals surface area contributed by atoms with Crippen LogP contribution in [0.25, 0.3) is 0 Å². The summed E-state index contributed by atoms with van der Waals surface area (Å²) in [5, 5.41) is 0. The minimum Gasteiger partial charge on any atom is -0.489 e. The fourth-order valence-corrected chi connectivity index (χ4v) is 3.05. The van der Waals surface area contributed by atoms with E-state index in [0.29, 0.717) is 5.56 Å². The molecule has 0 aliphatic heterocycles. The molecule has 0 N–H and O–H groups in total. The van der Waals surface area contributed by atoms with Crippen LogP contribution in [0.1, 0.15) is 5.56 Å². The van der Waals surface area contributed by atoms with Crippen molar-refractivity contribution >= 4 is 10.0 Å². The van der Waals surface area contributed by atoms with E-state index >= 15 is 0 Å². The van der Waals surface area contributed by atoms with E-state index in [9.17, 15) is 17.2 Å². The van der Waals surface area contributed by atoms with Gasteiger partial charge in [0.25, 0.3) is 0 Å². The van der Waals surface area contributed by atoms with E-state index in [1.54, 1.807) is 13.0 Å². The molecule has 124 valence electrons. The Morgan fingerprint density at radius 1 is 1.09 bits per heavy atom. The SMILES string of the molecule is Cc1ccc(S(=O)(=O)N(C)CCOc2ccccc2F)cc1F. The number of aryl methyl sites for hydroxylation is 1. The molecule has 0 fully saturated rings. The van der Waals surface area contributed by atoms with E-state index in [2.05, 4.69) is 0 Å². The number of sulfonamides is 1. The van der Waals surface area contributed by atoms with Crippen LogP contribution in [0.2, 0.25) is 0 Å². The Balaban J connectivity index is 2.03. The molecule has 0 radical (unpaired) electrons. The van der Waals surface area contributed by atoms with Crippen molar-refractivity contribution in [3.05, 3.63) is 59.7 Å². The molecule has 0 saturated carbocycles. The van der Waals surface area contributed by atoms with Crippen LogP contribution in [0.3, 0.4) is 0 Å². The van der Waals surface area contributed by atoms with Crippen molar-refractivity contribution in [1.82, 2.24) is 4.31 Å². The quantitative estimate of drug-likeness (QED) is 0.811. The van der Waals surface area contributed by atoms with Gasteiger partial charge in [0.1, 0.15) is 12.4 Å². The number of nitrogens with zero attached hydrogens (tertiary/aromatic N) is 1. The highest BCUT2D eigenvalue weighted by Gasteiger charge is 2.21. The molecule has 0 aromatic heterocycles. The Hall–Kier alpha value is -1.99. The Labute approximate surface area is 134 Å². The van der Waals surface area contributed by atoms with Gasteiger partial charge in [-0.2, -0.15) is 4.31 Å². The standard InChI is InChI=1S/C16H17F2NO3S/c1-12-7-8-13(11-15(12)18)23(20,21)19(2)9-10-22-16-6-4-3-5-14(16)17/h3-8,11H,9-10H2,1-2H3. The first-order valence-corrected chi connectivity index (χ1v) is 8.36. The summed E-state index contributed by atoms with van der Waals surface area (Å²) in [6.07, 6.45) is 0. The Bertz CT molecular complexity index is 794. The van der Waals surface area contributed by atoms with E-state index in [-0.39, 0.29) is 23.8 Å². The van der Waals surface area contributed by atoms with E-state index < -0.39 is 21.7 Å². The van der Waals surface area contributed by atoms with Gasteiger partial charge in [-0.1, -0.05) is 18.2 Å². The van der Waals surface area contributed by atoms with Crippen LogP contribution >= 0.6 is 0 Å². The maximum atomic E-state index is 13.5. The summed E-state index contributed by atoms with van der Waals surface area (Å²) < 4.78 is 57.9. The van der Waals surface area contributed by atoms with Gasteiger partial charge >= 0.3 is 0 Å². The van der Waals surface area contributed by atoms with Crippen molar-refractivity contribution in [3.63, 3.8) is 0 Å². The molecule has 0 aliphatic carbocycles. The number of rotatable bonds is 6. The summed E-state index contributed by atoms with van der Waals surface area (Å²) in [6.45, 7) is 1.54. The Kier molecular flexibility index (Phi) is 5.33. The van der Waals surface area contributed by atoms with Crippen LogP contribution in [0.15, 0.2) is 47.4 Å². The van der Waals surface area contributed by atoms with Crippen molar-refractivity contribution in [3.8, 4) is 5.75 Å². The minimum atomic E-state index is -3.82. The monoisotopic (exact) mass is 341 g/mol. The third kappa shape index (κ3) is 4.05. The van der Waals surface area contributed by atoms with Gasteiger partial charge in [0.15, 0.2) is 11.6 Å². The fraction of sp³-hybridized carbons (Fsp3) is 0.250. The molecule has 0 atom stereocenters. The van der Waals surface area contributed by atoms with Crippen molar-refractivity contribution in [2.45, 2.75) is 11.8 Å². The van der Waals surface area contributed by atoms with E-state index in [0.717, 1.165) is 10.4 Å². The lowest BCUT2D eigenvalue weighted by Crippen LogP contribution is -2.31. The van der Waals surface area contributed by atoms with E-state index in [1.165, 1.54) is 37.4 Å². The van der Waals surface area contributed by atoms with Crippen LogP contribution < -0.4 is 4.74 Å². The number of para-hydroxylation sites is 1. The van der Waals surface area contributed by atoms with Crippen LogP contribution in [0.5, 0.6) is 5.75 Å². The highest BCUT2D eigenvalue weighted by molar-refractivity contribution is 7.89. The number of hydrogen-bond donors (Lipinski definition) is 0. The number of halogens is 2. The van der Waals surface area contributed by atoms with E-state index in [1.807, 2.05) is 0 Å². The van der Waals surface area contributed by atoms with Gasteiger partial charge in [0.2, 0.25) is 10.0 Å². The summed E-state index contributed by atoms with van der Waals surface area (Å²) >= 11 is 0. The lowest BCUT2D eigenvalue weighted by molar-refractivity contribution is 0.275. The number of hydrogen-bond acceptors (Lipinski definition) is 3. The predicted octanol–water partition coefficient (Wildman–Crippen LogP) is 2.97. The largest absolute Gasteiger partial charge is 0.489 e. The molecule has 0 heterocycles. The summed E-state index contributed by atoms with van der Waals surface area (Å²) in [4.78, 5) is -0.131. The predicted molar refractivity (Wildman–Crippen MR) is 82.8 cm³/mol. The molecular formula is C16H17F2NO3S. The molecule has 2 rings (SSSR count). The molecule has 7 heteroatoms. The summed E-state index contributed by atoms with van der Waals surface area (Å²) in [7, 11) is -2.46. The molecule has 0 spiro atoms. The van der Waals surface area contributed by atoms with E-state index in [4.69, 9.17) is 4.74 Å². The molecule has 0 aliphatic rings. The van der Waals surface area contributed by atoms with Crippen LogP contribution in [-0.2, 0) is 10.0 Å². The number of likely N-dealkylation sites (N-methyl/N-ethyl adjacent to an activating group) is 1. The van der Waals surface area contributed by atoms with Crippen molar-refractivity contribution in [1.29, 1.82) is 0 Å². The lowest BCUT2D eigenvalue weighted by Gasteiger charge is -2.18. The highest BCUT2D eigenvalue weighted by atomic mass is 32.2. The van der Waals surface area contributed by atoms with Gasteiger partial charge in [-0.05, 0) is 36.8 Å². The molecular weight excluding hydrogens is 324 g/mol. The Morgan fingerprint density at radius 3 is 2.43 bits per heavy atom. The highest BCUT2D eigenvalue weighted by Crippen LogP contribution is 2.18. The topological polar surface area (TPSA) is 46.6 Å². The van der Waals surface area contributed by atoms with Crippen molar-refractivity contribution < 1.29 is 21.9 Å². The average Bonchev–Trinajstić information content (AvgIpc) is 2.51. The molecule has 0 amide bonds. The van der Waals surface area contributed by atoms with Gasteiger partial charge < -0.3 is 4.74 Å². The first-order valence-electron chi connectivity index (χ1n) is 6.92. The summed E-state index contributed by atoms with van der Waals surface area (Å²) in [6, 6.07) is 9.61. The fourth-order valence-electron chi connectivity index (χ4n) is 1.88. The van der Waals surface area contributed by atoms with Crippen LogP contribution in [-0.4, -0.2) is 32.9 Å². The zero-order valence-corrected chi connectivity index (χ0v) is 13.6. The first-order chi connectivity index (χ1) is 10.8. The van der Waals surface area contributed by atoms with Gasteiger partial charge in [-0.25, -0.2) is 17.2 Å². The zero-order chi connectivity index (χ0) is 17.0. The molecule has 0 bridgehead atoms. The molecule has 23 heavy (non-hydrogen) atoms. The second-order valence-electron chi connectivity index (χ2n) is 5.02. The van der Waals surface area contributed by atoms with Gasteiger partial charge in [0, 0.05) is 13.6 Å². The summed E-state index contributed by atoms with van der Waals surface area (Å²) in [5.41, 5.74) is 0.370. The van der Waals surface area contributed by atoms with Crippen LogP contribution in [0, 0.1) is 18.6 Å². The second kappa shape index (κ2) is 7.06. The molecule has 2 aromatic rings. The maximum absolute atomic E-state index is 13.5. The van der Waals surface area contributed by atoms with Crippen LogP contribution in [0.4, 0.5) is 8.78 Å². The minimum absolute atomic E-state index is 0.00611. The molecule has 0 saturated heterocycles. The van der Waals surface area contributed by atoms with Crippen molar-refractivity contribution in [2.24, 2.45) is 0 Å². The first kappa shape index (κ1) is 17.4. The smallest absolute Gasteiger partial charge is 0.243 e.